The van der Waals surface area contributed by atoms with E-state index in [2.05, 4.69) is 69.6 Å². The molecule has 2 N–H and O–H groups in total. The third-order valence-corrected chi connectivity index (χ3v) is 7.38. The maximum Gasteiger partial charge on any atom is 0.225 e. The summed E-state index contributed by atoms with van der Waals surface area (Å²) in [5.41, 5.74) is 4.75. The van der Waals surface area contributed by atoms with E-state index in [1.165, 1.54) is 24.1 Å². The summed E-state index contributed by atoms with van der Waals surface area (Å²) in [6.45, 7) is 4.15. The molecule has 1 fully saturated rings. The standard InChI is InChI=1S/C30H39N7/c1-4-10-28-23(21-32-37(28)25-11-6-5-7-12-25)20-31-19-22-15-17-24(18-16-22)33-30-34-27-14-9-8-13-26(27)29(35-30)36(2)3/h5-9,11-14,21-22,24,31H,4,10,15-20H2,1-3H3,(H,33,34,35)/t22-,24+. The molecule has 7 heteroatoms. The smallest absolute Gasteiger partial charge is 0.225 e. The van der Waals surface area contributed by atoms with E-state index in [1.54, 1.807) is 0 Å². The van der Waals surface area contributed by atoms with Gasteiger partial charge in [0, 0.05) is 43.3 Å². The highest BCUT2D eigenvalue weighted by atomic mass is 15.3. The van der Waals surface area contributed by atoms with Crippen molar-refractivity contribution in [1.82, 2.24) is 25.1 Å². The molecule has 0 bridgehead atoms. The predicted octanol–water partition coefficient (Wildman–Crippen LogP) is 5.59. The molecular weight excluding hydrogens is 458 g/mol. The minimum atomic E-state index is 0.424. The number of para-hydroxylation sites is 2. The molecule has 0 saturated heterocycles. The molecule has 5 rings (SSSR count). The van der Waals surface area contributed by atoms with Crippen LogP contribution in [0, 0.1) is 5.92 Å². The second-order valence-electron chi connectivity index (χ2n) is 10.4. The molecule has 4 aromatic rings. The normalized spacial score (nSPS) is 17.7. The Kier molecular flexibility index (Phi) is 7.99. The molecule has 0 spiro atoms. The maximum atomic E-state index is 4.83. The highest BCUT2D eigenvalue weighted by Crippen LogP contribution is 2.28. The first-order chi connectivity index (χ1) is 18.1. The van der Waals surface area contributed by atoms with E-state index >= 15 is 0 Å². The SMILES string of the molecule is CCCc1c(CNC[C@H]2CC[C@@H](Nc3nc(N(C)C)c4ccccc4n3)CC2)cnn1-c1ccccc1. The van der Waals surface area contributed by atoms with Crippen LogP contribution in [0.2, 0.25) is 0 Å². The zero-order chi connectivity index (χ0) is 25.6. The number of nitrogens with one attached hydrogen (secondary N) is 2. The van der Waals surface area contributed by atoms with Gasteiger partial charge >= 0.3 is 0 Å². The average Bonchev–Trinajstić information content (AvgIpc) is 3.32. The molecule has 2 heterocycles. The van der Waals surface area contributed by atoms with Crippen LogP contribution in [0.1, 0.15) is 50.3 Å². The van der Waals surface area contributed by atoms with Crippen LogP contribution in [-0.4, -0.2) is 46.4 Å². The van der Waals surface area contributed by atoms with Gasteiger partial charge in [0.15, 0.2) is 0 Å². The van der Waals surface area contributed by atoms with Crippen LogP contribution < -0.4 is 15.5 Å². The second kappa shape index (κ2) is 11.7. The van der Waals surface area contributed by atoms with Crippen LogP contribution in [0.15, 0.2) is 60.8 Å². The third-order valence-electron chi connectivity index (χ3n) is 7.38. The van der Waals surface area contributed by atoms with Gasteiger partial charge in [0.05, 0.1) is 17.4 Å². The zero-order valence-electron chi connectivity index (χ0n) is 22.3. The first-order valence-corrected chi connectivity index (χ1v) is 13.6. The van der Waals surface area contributed by atoms with Gasteiger partial charge in [0.2, 0.25) is 5.95 Å². The number of anilines is 2. The summed E-state index contributed by atoms with van der Waals surface area (Å²) >= 11 is 0. The molecule has 194 valence electrons. The Morgan fingerprint density at radius 2 is 1.70 bits per heavy atom. The number of fused-ring (bicyclic) bond motifs is 1. The fourth-order valence-electron chi connectivity index (χ4n) is 5.42. The number of hydrogen-bond acceptors (Lipinski definition) is 6. The lowest BCUT2D eigenvalue weighted by molar-refractivity contribution is 0.323. The summed E-state index contributed by atoms with van der Waals surface area (Å²) in [4.78, 5) is 11.7. The fraction of sp³-hybridized carbons (Fsp3) is 0.433. The lowest BCUT2D eigenvalue weighted by atomic mass is 9.86. The lowest BCUT2D eigenvalue weighted by Crippen LogP contribution is -2.31. The summed E-state index contributed by atoms with van der Waals surface area (Å²) in [6, 6.07) is 19.1. The van der Waals surface area contributed by atoms with Crippen LogP contribution in [0.25, 0.3) is 16.6 Å². The van der Waals surface area contributed by atoms with Crippen LogP contribution in [0.4, 0.5) is 11.8 Å². The molecule has 7 nitrogen and oxygen atoms in total. The van der Waals surface area contributed by atoms with Gasteiger partial charge in [-0.25, -0.2) is 9.67 Å². The van der Waals surface area contributed by atoms with Crippen molar-refractivity contribution in [2.24, 2.45) is 5.92 Å². The van der Waals surface area contributed by atoms with Crippen LogP contribution in [-0.2, 0) is 13.0 Å². The Morgan fingerprint density at radius 3 is 2.46 bits per heavy atom. The molecule has 0 unspecified atom stereocenters. The van der Waals surface area contributed by atoms with E-state index < -0.39 is 0 Å². The van der Waals surface area contributed by atoms with Gasteiger partial charge in [-0.15, -0.1) is 0 Å². The molecule has 2 aromatic heterocycles. The molecule has 2 aromatic carbocycles. The van der Waals surface area contributed by atoms with Crippen LogP contribution >= 0.6 is 0 Å². The summed E-state index contributed by atoms with van der Waals surface area (Å²) in [5.74, 6) is 2.40. The highest BCUT2D eigenvalue weighted by molar-refractivity contribution is 5.90. The van der Waals surface area contributed by atoms with Gasteiger partial charge < -0.3 is 15.5 Å². The Labute approximate surface area is 220 Å². The first kappa shape index (κ1) is 25.2. The van der Waals surface area contributed by atoms with Gasteiger partial charge in [0.1, 0.15) is 5.82 Å². The molecule has 0 atom stereocenters. The molecule has 0 radical (unpaired) electrons. The number of aromatic nitrogens is 4. The molecule has 1 aliphatic rings. The first-order valence-electron chi connectivity index (χ1n) is 13.6. The number of benzene rings is 2. The maximum absolute atomic E-state index is 4.83. The highest BCUT2D eigenvalue weighted by Gasteiger charge is 2.22. The fourth-order valence-corrected chi connectivity index (χ4v) is 5.42. The summed E-state index contributed by atoms with van der Waals surface area (Å²) in [7, 11) is 4.07. The van der Waals surface area contributed by atoms with Crippen molar-refractivity contribution in [3.05, 3.63) is 72.1 Å². The number of rotatable bonds is 10. The van der Waals surface area contributed by atoms with Crippen molar-refractivity contribution >= 4 is 22.7 Å². The zero-order valence-corrected chi connectivity index (χ0v) is 22.3. The Balaban J connectivity index is 1.14. The quantitative estimate of drug-likeness (QED) is 0.297. The van der Waals surface area contributed by atoms with Crippen molar-refractivity contribution in [3.8, 4) is 5.69 Å². The van der Waals surface area contributed by atoms with E-state index in [1.807, 2.05) is 32.4 Å². The van der Waals surface area contributed by atoms with Gasteiger partial charge in [-0.2, -0.15) is 10.1 Å². The third kappa shape index (κ3) is 5.93. The topological polar surface area (TPSA) is 70.9 Å². The minimum Gasteiger partial charge on any atom is -0.362 e. The molecule has 37 heavy (non-hydrogen) atoms. The molecule has 1 saturated carbocycles. The van der Waals surface area contributed by atoms with E-state index in [0.29, 0.717) is 12.0 Å². The lowest BCUT2D eigenvalue weighted by Gasteiger charge is -2.29. The number of hydrogen-bond donors (Lipinski definition) is 2. The summed E-state index contributed by atoms with van der Waals surface area (Å²) in [5, 5.41) is 13.2. The largest absolute Gasteiger partial charge is 0.362 e. The summed E-state index contributed by atoms with van der Waals surface area (Å²) < 4.78 is 2.11. The van der Waals surface area contributed by atoms with E-state index in [-0.39, 0.29) is 0 Å². The van der Waals surface area contributed by atoms with Crippen molar-refractivity contribution in [2.45, 2.75) is 58.0 Å². The van der Waals surface area contributed by atoms with Crippen molar-refractivity contribution in [3.63, 3.8) is 0 Å². The Bertz CT molecular complexity index is 1290. The van der Waals surface area contributed by atoms with Gasteiger partial charge in [-0.3, -0.25) is 0 Å². The summed E-state index contributed by atoms with van der Waals surface area (Å²) in [6.07, 6.45) is 8.90. The Morgan fingerprint density at radius 1 is 0.946 bits per heavy atom. The van der Waals surface area contributed by atoms with E-state index in [4.69, 9.17) is 15.1 Å². The predicted molar refractivity (Wildman–Crippen MR) is 152 cm³/mol. The monoisotopic (exact) mass is 497 g/mol. The van der Waals surface area contributed by atoms with Crippen molar-refractivity contribution in [2.75, 3.05) is 30.9 Å². The van der Waals surface area contributed by atoms with Crippen molar-refractivity contribution < 1.29 is 0 Å². The molecule has 1 aliphatic carbocycles. The second-order valence-corrected chi connectivity index (χ2v) is 10.4. The number of nitrogens with zero attached hydrogens (tertiary/aromatic N) is 5. The average molecular weight is 498 g/mol. The van der Waals surface area contributed by atoms with E-state index in [0.717, 1.165) is 67.1 Å². The van der Waals surface area contributed by atoms with Crippen LogP contribution in [0.5, 0.6) is 0 Å². The Hall–Kier alpha value is -3.45. The molecule has 0 aliphatic heterocycles. The van der Waals surface area contributed by atoms with Gasteiger partial charge in [0.25, 0.3) is 0 Å². The van der Waals surface area contributed by atoms with Crippen LogP contribution in [0.3, 0.4) is 0 Å². The molecular formula is C30H39N7. The van der Waals surface area contributed by atoms with Crippen molar-refractivity contribution in [1.29, 1.82) is 0 Å². The van der Waals surface area contributed by atoms with E-state index in [9.17, 15) is 0 Å². The van der Waals surface area contributed by atoms with Gasteiger partial charge in [-0.1, -0.05) is 43.7 Å². The van der Waals surface area contributed by atoms with Gasteiger partial charge in [-0.05, 0) is 68.8 Å². The molecule has 0 amide bonds. The minimum absolute atomic E-state index is 0.424.